The molecule has 0 aromatic rings. The Balaban J connectivity index is 1.49. The summed E-state index contributed by atoms with van der Waals surface area (Å²) in [6.07, 6.45) is 26.5. The first-order valence-electron chi connectivity index (χ1n) is 12.4. The summed E-state index contributed by atoms with van der Waals surface area (Å²) in [4.78, 5) is 0. The van der Waals surface area contributed by atoms with E-state index in [0.717, 1.165) is 24.4 Å². The average Bonchev–Trinajstić information content (AvgIpc) is 2.69. The molecule has 0 aromatic carbocycles. The van der Waals surface area contributed by atoms with Crippen molar-refractivity contribution in [2.45, 2.75) is 136 Å². The van der Waals surface area contributed by atoms with E-state index in [2.05, 4.69) is 13.8 Å². The highest BCUT2D eigenvalue weighted by Crippen LogP contribution is 2.41. The van der Waals surface area contributed by atoms with Gasteiger partial charge in [0, 0.05) is 6.61 Å². The molecule has 2 aliphatic carbocycles. The van der Waals surface area contributed by atoms with Crippen LogP contribution >= 0.6 is 0 Å². The lowest BCUT2D eigenvalue weighted by Gasteiger charge is -2.38. The van der Waals surface area contributed by atoms with Gasteiger partial charge in [-0.15, -0.1) is 0 Å². The summed E-state index contributed by atoms with van der Waals surface area (Å²) in [6.45, 7) is 5.59. The fourth-order valence-corrected chi connectivity index (χ4v) is 5.49. The summed E-state index contributed by atoms with van der Waals surface area (Å²) < 4.78 is 6.12. The third-order valence-corrected chi connectivity index (χ3v) is 7.34. The zero-order chi connectivity index (χ0) is 18.5. The summed E-state index contributed by atoms with van der Waals surface area (Å²) in [5.74, 6) is 3.15. The van der Waals surface area contributed by atoms with Gasteiger partial charge in [-0.3, -0.25) is 0 Å². The van der Waals surface area contributed by atoms with E-state index in [4.69, 9.17) is 4.74 Å². The van der Waals surface area contributed by atoms with Crippen molar-refractivity contribution < 1.29 is 4.74 Å². The standard InChI is InChI=1S/C25H48O/c1-3-5-7-8-9-10-12-22-13-15-23(16-14-22)24-17-19-25(20-18-24)26-21-11-6-4-2/h22-25H,3-21H2,1-2H3/t22?,23?,24-,25-. The first-order chi connectivity index (χ1) is 12.8. The van der Waals surface area contributed by atoms with E-state index in [1.165, 1.54) is 116 Å². The van der Waals surface area contributed by atoms with Crippen molar-refractivity contribution in [1.82, 2.24) is 0 Å². The first-order valence-corrected chi connectivity index (χ1v) is 12.4. The molecule has 0 N–H and O–H groups in total. The van der Waals surface area contributed by atoms with E-state index in [0.29, 0.717) is 6.10 Å². The van der Waals surface area contributed by atoms with Crippen LogP contribution in [0.1, 0.15) is 129 Å². The third-order valence-electron chi connectivity index (χ3n) is 7.34. The molecule has 0 aliphatic heterocycles. The van der Waals surface area contributed by atoms with E-state index in [9.17, 15) is 0 Å². The molecule has 0 unspecified atom stereocenters. The molecule has 2 rings (SSSR count). The van der Waals surface area contributed by atoms with Crippen LogP contribution in [-0.4, -0.2) is 12.7 Å². The third kappa shape index (κ3) is 8.77. The summed E-state index contributed by atoms with van der Waals surface area (Å²) in [6, 6.07) is 0. The van der Waals surface area contributed by atoms with Gasteiger partial charge in [0.15, 0.2) is 0 Å². The van der Waals surface area contributed by atoms with Crippen LogP contribution in [0.3, 0.4) is 0 Å². The maximum absolute atomic E-state index is 6.12. The lowest BCUT2D eigenvalue weighted by atomic mass is 9.70. The fourth-order valence-electron chi connectivity index (χ4n) is 5.49. The highest BCUT2D eigenvalue weighted by molar-refractivity contribution is 4.82. The van der Waals surface area contributed by atoms with Gasteiger partial charge in [-0.05, 0) is 62.7 Å². The van der Waals surface area contributed by atoms with Gasteiger partial charge in [0.1, 0.15) is 0 Å². The first kappa shape index (κ1) is 22.3. The van der Waals surface area contributed by atoms with Crippen LogP contribution in [0.2, 0.25) is 0 Å². The Morgan fingerprint density at radius 1 is 0.577 bits per heavy atom. The molecule has 26 heavy (non-hydrogen) atoms. The minimum Gasteiger partial charge on any atom is -0.378 e. The van der Waals surface area contributed by atoms with Crippen molar-refractivity contribution in [1.29, 1.82) is 0 Å². The van der Waals surface area contributed by atoms with Crippen LogP contribution in [0.5, 0.6) is 0 Å². The molecule has 1 nitrogen and oxygen atoms in total. The molecule has 0 heterocycles. The van der Waals surface area contributed by atoms with Crippen LogP contribution in [0, 0.1) is 17.8 Å². The molecule has 0 aromatic heterocycles. The van der Waals surface area contributed by atoms with Gasteiger partial charge in [-0.25, -0.2) is 0 Å². The molecule has 0 amide bonds. The molecule has 2 fully saturated rings. The van der Waals surface area contributed by atoms with Crippen LogP contribution in [0.4, 0.5) is 0 Å². The molecule has 154 valence electrons. The smallest absolute Gasteiger partial charge is 0.0575 e. The number of hydrogen-bond acceptors (Lipinski definition) is 1. The van der Waals surface area contributed by atoms with Gasteiger partial charge in [-0.1, -0.05) is 84.5 Å². The molecule has 2 saturated carbocycles. The number of rotatable bonds is 13. The van der Waals surface area contributed by atoms with E-state index >= 15 is 0 Å². The zero-order valence-electron chi connectivity index (χ0n) is 18.2. The summed E-state index contributed by atoms with van der Waals surface area (Å²) in [5.41, 5.74) is 0. The van der Waals surface area contributed by atoms with Gasteiger partial charge < -0.3 is 4.74 Å². The Morgan fingerprint density at radius 3 is 1.77 bits per heavy atom. The molecule has 1 heteroatoms. The van der Waals surface area contributed by atoms with E-state index in [1.807, 2.05) is 0 Å². The average molecular weight is 365 g/mol. The second-order valence-corrected chi connectivity index (χ2v) is 9.45. The molecule has 2 aliphatic rings. The zero-order valence-corrected chi connectivity index (χ0v) is 18.2. The second kappa shape index (κ2) is 14.0. The minimum atomic E-state index is 0.590. The highest BCUT2D eigenvalue weighted by Gasteiger charge is 2.30. The predicted molar refractivity (Wildman–Crippen MR) is 115 cm³/mol. The summed E-state index contributed by atoms with van der Waals surface area (Å²) in [7, 11) is 0. The summed E-state index contributed by atoms with van der Waals surface area (Å²) >= 11 is 0. The van der Waals surface area contributed by atoms with Gasteiger partial charge >= 0.3 is 0 Å². The Bertz CT molecular complexity index is 310. The largest absolute Gasteiger partial charge is 0.378 e. The van der Waals surface area contributed by atoms with Crippen molar-refractivity contribution in [3.63, 3.8) is 0 Å². The molecule has 0 radical (unpaired) electrons. The topological polar surface area (TPSA) is 9.23 Å². The van der Waals surface area contributed by atoms with Gasteiger partial charge in [0.05, 0.1) is 6.10 Å². The Kier molecular flexibility index (Phi) is 12.0. The SMILES string of the molecule is CCCCCCCCC1CCC([C@H]2CC[C@H](OCCCCC)CC2)CC1. The predicted octanol–water partition coefficient (Wildman–Crippen LogP) is 8.31. The van der Waals surface area contributed by atoms with Crippen molar-refractivity contribution in [2.24, 2.45) is 17.8 Å². The number of unbranched alkanes of at least 4 members (excludes halogenated alkanes) is 7. The van der Waals surface area contributed by atoms with Crippen LogP contribution < -0.4 is 0 Å². The monoisotopic (exact) mass is 364 g/mol. The molecule has 0 spiro atoms. The van der Waals surface area contributed by atoms with Crippen molar-refractivity contribution >= 4 is 0 Å². The Morgan fingerprint density at radius 2 is 1.12 bits per heavy atom. The minimum absolute atomic E-state index is 0.590. The molecule has 0 bridgehead atoms. The van der Waals surface area contributed by atoms with Gasteiger partial charge in [0.25, 0.3) is 0 Å². The van der Waals surface area contributed by atoms with Crippen molar-refractivity contribution in [3.8, 4) is 0 Å². The quantitative estimate of drug-likeness (QED) is 0.298. The van der Waals surface area contributed by atoms with Gasteiger partial charge in [-0.2, -0.15) is 0 Å². The second-order valence-electron chi connectivity index (χ2n) is 9.45. The van der Waals surface area contributed by atoms with E-state index < -0.39 is 0 Å². The van der Waals surface area contributed by atoms with Crippen molar-refractivity contribution in [2.75, 3.05) is 6.61 Å². The molecular weight excluding hydrogens is 316 g/mol. The fraction of sp³-hybridized carbons (Fsp3) is 1.00. The Labute approximate surface area is 165 Å². The summed E-state index contributed by atoms with van der Waals surface area (Å²) in [5, 5.41) is 0. The lowest BCUT2D eigenvalue weighted by Crippen LogP contribution is -2.28. The van der Waals surface area contributed by atoms with Crippen LogP contribution in [0.25, 0.3) is 0 Å². The van der Waals surface area contributed by atoms with E-state index in [1.54, 1.807) is 0 Å². The van der Waals surface area contributed by atoms with Crippen LogP contribution in [-0.2, 0) is 4.74 Å². The normalized spacial score (nSPS) is 29.8. The molecule has 0 saturated heterocycles. The van der Waals surface area contributed by atoms with Crippen LogP contribution in [0.15, 0.2) is 0 Å². The van der Waals surface area contributed by atoms with E-state index in [-0.39, 0.29) is 0 Å². The maximum Gasteiger partial charge on any atom is 0.0575 e. The molecule has 0 atom stereocenters. The lowest BCUT2D eigenvalue weighted by molar-refractivity contribution is 0.00538. The number of ether oxygens (including phenoxy) is 1. The maximum atomic E-state index is 6.12. The van der Waals surface area contributed by atoms with Gasteiger partial charge in [0.2, 0.25) is 0 Å². The highest BCUT2D eigenvalue weighted by atomic mass is 16.5. The number of hydrogen-bond donors (Lipinski definition) is 0. The van der Waals surface area contributed by atoms with Crippen molar-refractivity contribution in [3.05, 3.63) is 0 Å². The Hall–Kier alpha value is -0.0400. The molecular formula is C25H48O.